The molecule has 8 heteroatoms. The molecule has 0 unspecified atom stereocenters. The van der Waals surface area contributed by atoms with Crippen molar-refractivity contribution in [1.82, 2.24) is 15.0 Å². The van der Waals surface area contributed by atoms with Crippen LogP contribution in [0.2, 0.25) is 0 Å². The van der Waals surface area contributed by atoms with Gasteiger partial charge in [0.25, 0.3) is 5.91 Å². The standard InChI is InChI=1S/C12H19N5O2S/c1-7(2)15-11(19)9-10(13)16-20-12(9)17-5-3-4-14-8(18)6-17/h7H,3-6H2,1-2H3,(H2,13,16)(H,14,18)(H,15,19). The van der Waals surface area contributed by atoms with Crippen molar-refractivity contribution in [3.8, 4) is 0 Å². The summed E-state index contributed by atoms with van der Waals surface area (Å²) in [6.07, 6.45) is 0.828. The SMILES string of the molecule is CC(C)NC(=O)c1c(N)nsc1N1CCCNC(=O)C1. The lowest BCUT2D eigenvalue weighted by atomic mass is 10.2. The number of rotatable bonds is 3. The molecule has 0 aromatic carbocycles. The molecule has 2 rings (SSSR count). The van der Waals surface area contributed by atoms with Gasteiger partial charge in [-0.25, -0.2) is 0 Å². The van der Waals surface area contributed by atoms with E-state index in [0.29, 0.717) is 23.7 Å². The Labute approximate surface area is 121 Å². The van der Waals surface area contributed by atoms with E-state index in [9.17, 15) is 9.59 Å². The number of aromatic nitrogens is 1. The molecule has 7 nitrogen and oxygen atoms in total. The van der Waals surface area contributed by atoms with Crippen LogP contribution in [0.1, 0.15) is 30.6 Å². The van der Waals surface area contributed by atoms with E-state index in [2.05, 4.69) is 15.0 Å². The van der Waals surface area contributed by atoms with Gasteiger partial charge in [-0.2, -0.15) is 4.37 Å². The van der Waals surface area contributed by atoms with Crippen molar-refractivity contribution in [2.75, 3.05) is 30.3 Å². The fraction of sp³-hybridized carbons (Fsp3) is 0.583. The van der Waals surface area contributed by atoms with Crippen LogP contribution in [-0.4, -0.2) is 41.9 Å². The molecule has 20 heavy (non-hydrogen) atoms. The summed E-state index contributed by atoms with van der Waals surface area (Å²) in [5.74, 6) is -0.0802. The first-order valence-corrected chi connectivity index (χ1v) is 7.34. The lowest BCUT2D eigenvalue weighted by Gasteiger charge is -2.20. The molecule has 1 aromatic rings. The highest BCUT2D eigenvalue weighted by molar-refractivity contribution is 7.11. The fourth-order valence-corrected chi connectivity index (χ4v) is 2.87. The van der Waals surface area contributed by atoms with E-state index in [1.807, 2.05) is 18.7 Å². The molecule has 1 aromatic heterocycles. The third-order valence-electron chi connectivity index (χ3n) is 2.90. The van der Waals surface area contributed by atoms with Gasteiger partial charge < -0.3 is 21.3 Å². The van der Waals surface area contributed by atoms with E-state index in [-0.39, 0.29) is 30.2 Å². The molecular formula is C12H19N5O2S. The summed E-state index contributed by atoms with van der Waals surface area (Å²) < 4.78 is 4.06. The summed E-state index contributed by atoms with van der Waals surface area (Å²) in [6, 6.07) is 0.0158. The second kappa shape index (κ2) is 6.08. The number of amides is 2. The maximum atomic E-state index is 12.2. The number of hydrogen-bond acceptors (Lipinski definition) is 6. The minimum atomic E-state index is -0.245. The first-order chi connectivity index (χ1) is 9.49. The van der Waals surface area contributed by atoms with Crippen LogP contribution < -0.4 is 21.3 Å². The molecule has 0 bridgehead atoms. The third-order valence-corrected chi connectivity index (χ3v) is 3.82. The highest BCUT2D eigenvalue weighted by Gasteiger charge is 2.26. The number of nitrogens with zero attached hydrogens (tertiary/aromatic N) is 2. The predicted octanol–water partition coefficient (Wildman–Crippen LogP) is 0.190. The molecule has 0 spiro atoms. The van der Waals surface area contributed by atoms with Crippen molar-refractivity contribution in [3.63, 3.8) is 0 Å². The molecule has 0 atom stereocenters. The number of nitrogen functional groups attached to an aromatic ring is 1. The highest BCUT2D eigenvalue weighted by atomic mass is 32.1. The topological polar surface area (TPSA) is 100 Å². The van der Waals surface area contributed by atoms with Crippen LogP contribution in [0.15, 0.2) is 0 Å². The van der Waals surface area contributed by atoms with Gasteiger partial charge in [0, 0.05) is 19.1 Å². The van der Waals surface area contributed by atoms with E-state index < -0.39 is 0 Å². The Kier molecular flexibility index (Phi) is 4.43. The Bertz CT molecular complexity index is 514. The van der Waals surface area contributed by atoms with Gasteiger partial charge in [-0.1, -0.05) is 0 Å². The zero-order chi connectivity index (χ0) is 14.7. The monoisotopic (exact) mass is 297 g/mol. The molecule has 1 aliphatic rings. The van der Waals surface area contributed by atoms with Crippen molar-refractivity contribution in [2.45, 2.75) is 26.3 Å². The highest BCUT2D eigenvalue weighted by Crippen LogP contribution is 2.31. The van der Waals surface area contributed by atoms with Gasteiger partial charge >= 0.3 is 0 Å². The third kappa shape index (κ3) is 3.19. The van der Waals surface area contributed by atoms with Crippen LogP contribution in [0.4, 0.5) is 10.8 Å². The summed E-state index contributed by atoms with van der Waals surface area (Å²) in [4.78, 5) is 25.7. The lowest BCUT2D eigenvalue weighted by Crippen LogP contribution is -2.35. The maximum Gasteiger partial charge on any atom is 0.258 e. The van der Waals surface area contributed by atoms with Crippen LogP contribution in [0.25, 0.3) is 0 Å². The molecule has 0 saturated carbocycles. The van der Waals surface area contributed by atoms with Crippen LogP contribution in [0, 0.1) is 0 Å². The fourth-order valence-electron chi connectivity index (χ4n) is 2.04. The van der Waals surface area contributed by atoms with E-state index in [1.54, 1.807) is 0 Å². The van der Waals surface area contributed by atoms with Crippen molar-refractivity contribution in [2.24, 2.45) is 0 Å². The Balaban J connectivity index is 2.27. The Morgan fingerprint density at radius 1 is 1.55 bits per heavy atom. The summed E-state index contributed by atoms with van der Waals surface area (Å²) in [6.45, 7) is 5.34. The molecular weight excluding hydrogens is 278 g/mol. The smallest absolute Gasteiger partial charge is 0.258 e. The average molecular weight is 297 g/mol. The molecule has 0 aliphatic carbocycles. The van der Waals surface area contributed by atoms with Gasteiger partial charge in [-0.05, 0) is 31.8 Å². The summed E-state index contributed by atoms with van der Waals surface area (Å²) >= 11 is 1.16. The van der Waals surface area contributed by atoms with E-state index in [1.165, 1.54) is 0 Å². The van der Waals surface area contributed by atoms with Crippen molar-refractivity contribution in [1.29, 1.82) is 0 Å². The zero-order valence-electron chi connectivity index (χ0n) is 11.6. The van der Waals surface area contributed by atoms with Crippen LogP contribution in [0.3, 0.4) is 0 Å². The first-order valence-electron chi connectivity index (χ1n) is 6.56. The van der Waals surface area contributed by atoms with Gasteiger partial charge in [-0.3, -0.25) is 9.59 Å². The summed E-state index contributed by atoms with van der Waals surface area (Å²) in [7, 11) is 0. The second-order valence-electron chi connectivity index (χ2n) is 5.00. The van der Waals surface area contributed by atoms with Crippen molar-refractivity contribution >= 4 is 34.2 Å². The maximum absolute atomic E-state index is 12.2. The normalized spacial score (nSPS) is 15.9. The molecule has 1 saturated heterocycles. The average Bonchev–Trinajstić information content (AvgIpc) is 2.60. The predicted molar refractivity (Wildman–Crippen MR) is 79.0 cm³/mol. The molecule has 110 valence electrons. The number of nitrogens with two attached hydrogens (primary N) is 1. The first kappa shape index (κ1) is 14.6. The minimum absolute atomic E-state index is 0.0158. The Morgan fingerprint density at radius 3 is 3.00 bits per heavy atom. The molecule has 1 aliphatic heterocycles. The van der Waals surface area contributed by atoms with E-state index in [4.69, 9.17) is 5.73 Å². The van der Waals surface area contributed by atoms with Crippen LogP contribution >= 0.6 is 11.5 Å². The van der Waals surface area contributed by atoms with Crippen molar-refractivity contribution < 1.29 is 9.59 Å². The van der Waals surface area contributed by atoms with Gasteiger partial charge in [0.1, 0.15) is 10.6 Å². The van der Waals surface area contributed by atoms with Gasteiger partial charge in [0.15, 0.2) is 5.82 Å². The van der Waals surface area contributed by atoms with Crippen LogP contribution in [-0.2, 0) is 4.79 Å². The molecule has 2 heterocycles. The minimum Gasteiger partial charge on any atom is -0.382 e. The van der Waals surface area contributed by atoms with Crippen LogP contribution in [0.5, 0.6) is 0 Å². The number of carbonyl (C=O) groups excluding carboxylic acids is 2. The number of carbonyl (C=O) groups is 2. The number of hydrogen-bond donors (Lipinski definition) is 3. The number of anilines is 2. The van der Waals surface area contributed by atoms with Gasteiger partial charge in [0.2, 0.25) is 5.91 Å². The second-order valence-corrected chi connectivity index (χ2v) is 5.75. The van der Waals surface area contributed by atoms with E-state index in [0.717, 1.165) is 18.0 Å². The van der Waals surface area contributed by atoms with E-state index >= 15 is 0 Å². The molecule has 1 fully saturated rings. The summed E-state index contributed by atoms with van der Waals surface area (Å²) in [5.41, 5.74) is 6.18. The quantitative estimate of drug-likeness (QED) is 0.739. The molecule has 4 N–H and O–H groups in total. The summed E-state index contributed by atoms with van der Waals surface area (Å²) in [5, 5.41) is 6.28. The zero-order valence-corrected chi connectivity index (χ0v) is 12.4. The largest absolute Gasteiger partial charge is 0.382 e. The molecule has 2 amide bonds. The van der Waals surface area contributed by atoms with Crippen molar-refractivity contribution in [3.05, 3.63) is 5.56 Å². The Hall–Kier alpha value is -1.83. The lowest BCUT2D eigenvalue weighted by molar-refractivity contribution is -0.119. The molecule has 0 radical (unpaired) electrons. The van der Waals surface area contributed by atoms with Gasteiger partial charge in [-0.15, -0.1) is 0 Å². The Morgan fingerprint density at radius 2 is 2.30 bits per heavy atom. The number of nitrogens with one attached hydrogen (secondary N) is 2. The van der Waals surface area contributed by atoms with Gasteiger partial charge in [0.05, 0.1) is 6.54 Å².